The monoisotopic (exact) mass is 179 g/mol. The Kier molecular flexibility index (Phi) is 1.94. The van der Waals surface area contributed by atoms with E-state index in [9.17, 15) is 9.59 Å². The van der Waals surface area contributed by atoms with Crippen LogP contribution >= 0.6 is 0 Å². The molecule has 70 valence electrons. The van der Waals surface area contributed by atoms with Crippen LogP contribution in [0.4, 0.5) is 0 Å². The minimum atomic E-state index is -0.0214. The third kappa shape index (κ3) is 1.28. The molecular formula is C10H13NO2. The fourth-order valence-electron chi connectivity index (χ4n) is 2.38. The lowest BCUT2D eigenvalue weighted by Crippen LogP contribution is -2.33. The van der Waals surface area contributed by atoms with Gasteiger partial charge in [0.1, 0.15) is 0 Å². The van der Waals surface area contributed by atoms with E-state index in [0.717, 1.165) is 12.8 Å². The maximum Gasteiger partial charge on any atom is 0.232 e. The van der Waals surface area contributed by atoms with Crippen molar-refractivity contribution in [3.8, 4) is 0 Å². The SMILES string of the molecule is CN(C=O)C(=O)C1CC2C=CC1C2. The van der Waals surface area contributed by atoms with E-state index in [1.54, 1.807) is 0 Å². The van der Waals surface area contributed by atoms with Gasteiger partial charge in [0.2, 0.25) is 12.3 Å². The highest BCUT2D eigenvalue weighted by Gasteiger charge is 2.40. The van der Waals surface area contributed by atoms with Gasteiger partial charge in [-0.1, -0.05) is 12.2 Å². The third-order valence-electron chi connectivity index (χ3n) is 3.10. The number of fused-ring (bicyclic) bond motifs is 2. The number of carbonyl (C=O) groups excluding carboxylic acids is 2. The number of imide groups is 1. The van der Waals surface area contributed by atoms with Crippen molar-refractivity contribution in [2.24, 2.45) is 17.8 Å². The fraction of sp³-hybridized carbons (Fsp3) is 0.600. The van der Waals surface area contributed by atoms with Crippen LogP contribution in [0.1, 0.15) is 12.8 Å². The highest BCUT2D eigenvalue weighted by atomic mass is 16.2. The van der Waals surface area contributed by atoms with Crippen LogP contribution in [-0.4, -0.2) is 24.3 Å². The molecule has 0 aliphatic heterocycles. The van der Waals surface area contributed by atoms with Gasteiger partial charge in [-0.05, 0) is 24.7 Å². The van der Waals surface area contributed by atoms with Crippen molar-refractivity contribution in [1.29, 1.82) is 0 Å². The highest BCUT2D eigenvalue weighted by molar-refractivity contribution is 5.88. The van der Waals surface area contributed by atoms with Gasteiger partial charge in [0.15, 0.2) is 0 Å². The Bertz CT molecular complexity index is 272. The van der Waals surface area contributed by atoms with Crippen molar-refractivity contribution in [3.05, 3.63) is 12.2 Å². The second-order valence-corrected chi connectivity index (χ2v) is 3.94. The molecule has 3 heteroatoms. The summed E-state index contributed by atoms with van der Waals surface area (Å²) in [4.78, 5) is 23.2. The molecule has 3 atom stereocenters. The van der Waals surface area contributed by atoms with Crippen LogP contribution in [0, 0.1) is 17.8 Å². The van der Waals surface area contributed by atoms with Crippen molar-refractivity contribution in [2.75, 3.05) is 7.05 Å². The largest absolute Gasteiger partial charge is 0.288 e. The number of hydrogen-bond donors (Lipinski definition) is 0. The zero-order valence-corrected chi connectivity index (χ0v) is 7.64. The van der Waals surface area contributed by atoms with E-state index in [2.05, 4.69) is 12.2 Å². The molecule has 2 rings (SSSR count). The molecule has 0 aromatic rings. The van der Waals surface area contributed by atoms with Crippen molar-refractivity contribution in [3.63, 3.8) is 0 Å². The lowest BCUT2D eigenvalue weighted by Gasteiger charge is -2.20. The molecular weight excluding hydrogens is 166 g/mol. The highest BCUT2D eigenvalue weighted by Crippen LogP contribution is 2.43. The zero-order valence-electron chi connectivity index (χ0n) is 7.64. The molecule has 2 amide bonds. The average molecular weight is 179 g/mol. The van der Waals surface area contributed by atoms with Crippen molar-refractivity contribution >= 4 is 12.3 Å². The number of rotatable bonds is 2. The first-order chi connectivity index (χ1) is 6.22. The van der Waals surface area contributed by atoms with Crippen LogP contribution in [0.5, 0.6) is 0 Å². The minimum absolute atomic E-state index is 0.0214. The Morgan fingerprint density at radius 2 is 2.23 bits per heavy atom. The zero-order chi connectivity index (χ0) is 9.42. The van der Waals surface area contributed by atoms with Gasteiger partial charge in [0, 0.05) is 13.0 Å². The topological polar surface area (TPSA) is 37.4 Å². The van der Waals surface area contributed by atoms with Gasteiger partial charge in [-0.2, -0.15) is 0 Å². The third-order valence-corrected chi connectivity index (χ3v) is 3.10. The standard InChI is InChI=1S/C10H13NO2/c1-11(6-12)10(13)9-5-7-2-3-8(9)4-7/h2-3,6-9H,4-5H2,1H3. The van der Waals surface area contributed by atoms with Gasteiger partial charge >= 0.3 is 0 Å². The first-order valence-corrected chi connectivity index (χ1v) is 4.62. The number of carbonyl (C=O) groups is 2. The maximum absolute atomic E-state index is 11.6. The van der Waals surface area contributed by atoms with Crippen LogP contribution in [0.15, 0.2) is 12.2 Å². The molecule has 3 unspecified atom stereocenters. The Morgan fingerprint density at radius 1 is 1.46 bits per heavy atom. The molecule has 2 aliphatic rings. The van der Waals surface area contributed by atoms with Crippen LogP contribution in [-0.2, 0) is 9.59 Å². The first-order valence-electron chi connectivity index (χ1n) is 4.62. The van der Waals surface area contributed by atoms with E-state index in [1.807, 2.05) is 0 Å². The van der Waals surface area contributed by atoms with Crippen molar-refractivity contribution in [2.45, 2.75) is 12.8 Å². The molecule has 0 spiro atoms. The summed E-state index contributed by atoms with van der Waals surface area (Å²) in [5, 5.41) is 0. The van der Waals surface area contributed by atoms with Gasteiger partial charge in [-0.25, -0.2) is 0 Å². The summed E-state index contributed by atoms with van der Waals surface area (Å²) in [6.45, 7) is 0. The summed E-state index contributed by atoms with van der Waals surface area (Å²) in [5.41, 5.74) is 0. The van der Waals surface area contributed by atoms with E-state index in [0.29, 0.717) is 18.2 Å². The Hall–Kier alpha value is -1.12. The van der Waals surface area contributed by atoms with Crippen molar-refractivity contribution < 1.29 is 9.59 Å². The molecule has 3 nitrogen and oxygen atoms in total. The number of hydrogen-bond acceptors (Lipinski definition) is 2. The first kappa shape index (κ1) is 8.48. The van der Waals surface area contributed by atoms with Crippen LogP contribution in [0.25, 0.3) is 0 Å². The van der Waals surface area contributed by atoms with Gasteiger partial charge in [0.25, 0.3) is 0 Å². The van der Waals surface area contributed by atoms with E-state index in [4.69, 9.17) is 0 Å². The van der Waals surface area contributed by atoms with Gasteiger partial charge in [0.05, 0.1) is 0 Å². The van der Waals surface area contributed by atoms with Crippen molar-refractivity contribution in [1.82, 2.24) is 4.90 Å². The molecule has 0 aromatic carbocycles. The molecule has 0 aromatic heterocycles. The van der Waals surface area contributed by atoms with Gasteiger partial charge in [-0.15, -0.1) is 0 Å². The predicted molar refractivity (Wildman–Crippen MR) is 47.7 cm³/mol. The lowest BCUT2D eigenvalue weighted by atomic mass is 9.92. The maximum atomic E-state index is 11.6. The van der Waals surface area contributed by atoms with E-state index in [1.165, 1.54) is 11.9 Å². The summed E-state index contributed by atoms with van der Waals surface area (Å²) in [5.74, 6) is 1.01. The molecule has 1 saturated carbocycles. The Morgan fingerprint density at radius 3 is 2.69 bits per heavy atom. The summed E-state index contributed by atoms with van der Waals surface area (Å²) in [6.07, 6.45) is 6.93. The molecule has 1 fully saturated rings. The second-order valence-electron chi connectivity index (χ2n) is 3.94. The van der Waals surface area contributed by atoms with Gasteiger partial charge in [-0.3, -0.25) is 14.5 Å². The quantitative estimate of drug-likeness (QED) is 0.464. The second kappa shape index (κ2) is 2.98. The fourth-order valence-corrected chi connectivity index (χ4v) is 2.38. The molecule has 13 heavy (non-hydrogen) atoms. The normalized spacial score (nSPS) is 35.0. The number of allylic oxidation sites excluding steroid dienone is 2. The molecule has 0 N–H and O–H groups in total. The van der Waals surface area contributed by atoms with E-state index < -0.39 is 0 Å². The summed E-state index contributed by atoms with van der Waals surface area (Å²) in [6, 6.07) is 0. The van der Waals surface area contributed by atoms with Crippen LogP contribution in [0.3, 0.4) is 0 Å². The van der Waals surface area contributed by atoms with E-state index >= 15 is 0 Å². The smallest absolute Gasteiger partial charge is 0.232 e. The minimum Gasteiger partial charge on any atom is -0.288 e. The Balaban J connectivity index is 2.07. The van der Waals surface area contributed by atoms with Crippen LogP contribution < -0.4 is 0 Å². The molecule has 0 saturated heterocycles. The molecule has 0 radical (unpaired) electrons. The summed E-state index contributed by atoms with van der Waals surface area (Å²) >= 11 is 0. The number of nitrogens with zero attached hydrogens (tertiary/aromatic N) is 1. The Labute approximate surface area is 77.4 Å². The van der Waals surface area contributed by atoms with Gasteiger partial charge < -0.3 is 0 Å². The molecule has 2 aliphatic carbocycles. The molecule has 2 bridgehead atoms. The lowest BCUT2D eigenvalue weighted by molar-refractivity contribution is -0.140. The predicted octanol–water partition coefficient (Wildman–Crippen LogP) is 0.813. The van der Waals surface area contributed by atoms with Crippen LogP contribution in [0.2, 0.25) is 0 Å². The summed E-state index contributed by atoms with van der Waals surface area (Å²) in [7, 11) is 1.53. The molecule has 0 heterocycles. The average Bonchev–Trinajstić information content (AvgIpc) is 2.76. The summed E-state index contributed by atoms with van der Waals surface area (Å²) < 4.78 is 0. The number of amides is 2. The van der Waals surface area contributed by atoms with E-state index in [-0.39, 0.29) is 11.8 Å².